The lowest BCUT2D eigenvalue weighted by Crippen LogP contribution is -2.56. The van der Waals surface area contributed by atoms with Gasteiger partial charge in [-0.25, -0.2) is 0 Å². The van der Waals surface area contributed by atoms with Crippen LogP contribution in [0.1, 0.15) is 54.4 Å². The molecule has 2 amide bonds. The Balaban J connectivity index is 1.53. The van der Waals surface area contributed by atoms with Gasteiger partial charge in [0, 0.05) is 24.7 Å². The molecule has 3 N–H and O–H groups in total. The van der Waals surface area contributed by atoms with Gasteiger partial charge in [0.25, 0.3) is 5.91 Å². The molecule has 1 aromatic rings. The lowest BCUT2D eigenvalue weighted by Gasteiger charge is -2.37. The van der Waals surface area contributed by atoms with E-state index in [4.69, 9.17) is 5.73 Å². The molecule has 1 saturated heterocycles. The standard InChI is InChI=1S/C19H27N3O2/c1-14-6-2-3-7-16(14)17(23)21-15-8-12-22(13-9-15)18(24)19(20)10-4-5-11-19/h2-3,6-7,15H,4-5,8-13,20H2,1H3,(H,21,23). The van der Waals surface area contributed by atoms with Gasteiger partial charge in [-0.3, -0.25) is 9.59 Å². The quantitative estimate of drug-likeness (QED) is 0.890. The number of nitrogens with two attached hydrogens (primary N) is 1. The molecule has 0 unspecified atom stereocenters. The summed E-state index contributed by atoms with van der Waals surface area (Å²) in [6.07, 6.45) is 5.28. The van der Waals surface area contributed by atoms with Crippen LogP contribution in [-0.4, -0.2) is 41.4 Å². The second-order valence-electron chi connectivity index (χ2n) is 7.22. The third-order valence-electron chi connectivity index (χ3n) is 5.43. The highest BCUT2D eigenvalue weighted by Crippen LogP contribution is 2.30. The normalized spacial score (nSPS) is 20.8. The van der Waals surface area contributed by atoms with Crippen LogP contribution >= 0.6 is 0 Å². The van der Waals surface area contributed by atoms with Crippen LogP contribution in [0.3, 0.4) is 0 Å². The lowest BCUT2D eigenvalue weighted by atomic mass is 9.95. The summed E-state index contributed by atoms with van der Waals surface area (Å²) in [5, 5.41) is 3.11. The number of amides is 2. The van der Waals surface area contributed by atoms with E-state index in [-0.39, 0.29) is 17.9 Å². The topological polar surface area (TPSA) is 75.4 Å². The first kappa shape index (κ1) is 17.0. The van der Waals surface area contributed by atoms with Gasteiger partial charge in [-0.1, -0.05) is 31.0 Å². The van der Waals surface area contributed by atoms with Crippen molar-refractivity contribution in [1.29, 1.82) is 0 Å². The number of carbonyl (C=O) groups excluding carboxylic acids is 2. The van der Waals surface area contributed by atoms with Crippen molar-refractivity contribution in [3.63, 3.8) is 0 Å². The van der Waals surface area contributed by atoms with Crippen LogP contribution in [-0.2, 0) is 4.79 Å². The zero-order valence-electron chi connectivity index (χ0n) is 14.4. The average Bonchev–Trinajstić information content (AvgIpc) is 3.03. The average molecular weight is 329 g/mol. The molecule has 3 rings (SSSR count). The first-order valence-electron chi connectivity index (χ1n) is 8.94. The molecule has 2 aliphatic rings. The van der Waals surface area contributed by atoms with Crippen molar-refractivity contribution in [2.75, 3.05) is 13.1 Å². The summed E-state index contributed by atoms with van der Waals surface area (Å²) in [4.78, 5) is 26.9. The largest absolute Gasteiger partial charge is 0.349 e. The number of carbonyl (C=O) groups is 2. The summed E-state index contributed by atoms with van der Waals surface area (Å²) in [7, 11) is 0. The number of nitrogens with one attached hydrogen (secondary N) is 1. The monoisotopic (exact) mass is 329 g/mol. The molecule has 1 heterocycles. The number of nitrogens with zero attached hydrogens (tertiary/aromatic N) is 1. The van der Waals surface area contributed by atoms with E-state index in [0.29, 0.717) is 13.1 Å². The molecule has 24 heavy (non-hydrogen) atoms. The van der Waals surface area contributed by atoms with Crippen molar-refractivity contribution >= 4 is 11.8 Å². The summed E-state index contributed by atoms with van der Waals surface area (Å²) in [6, 6.07) is 7.73. The minimum atomic E-state index is -0.642. The van der Waals surface area contributed by atoms with Gasteiger partial charge in [-0.15, -0.1) is 0 Å². The van der Waals surface area contributed by atoms with E-state index < -0.39 is 5.54 Å². The molecule has 5 nitrogen and oxygen atoms in total. The zero-order chi connectivity index (χ0) is 17.2. The van der Waals surface area contributed by atoms with Crippen LogP contribution in [0.4, 0.5) is 0 Å². The fourth-order valence-corrected chi connectivity index (χ4v) is 3.85. The van der Waals surface area contributed by atoms with Crippen molar-refractivity contribution < 1.29 is 9.59 Å². The zero-order valence-corrected chi connectivity index (χ0v) is 14.4. The Bertz CT molecular complexity index is 615. The van der Waals surface area contributed by atoms with E-state index >= 15 is 0 Å². The number of aryl methyl sites for hydroxylation is 1. The predicted molar refractivity (Wildman–Crippen MR) is 93.6 cm³/mol. The maximum Gasteiger partial charge on any atom is 0.251 e. The number of benzene rings is 1. The van der Waals surface area contributed by atoms with E-state index in [1.807, 2.05) is 36.1 Å². The van der Waals surface area contributed by atoms with Crippen LogP contribution in [0.15, 0.2) is 24.3 Å². The number of rotatable bonds is 3. The fraction of sp³-hybridized carbons (Fsp3) is 0.579. The van der Waals surface area contributed by atoms with Crippen molar-refractivity contribution in [2.24, 2.45) is 5.73 Å². The summed E-state index contributed by atoms with van der Waals surface area (Å²) in [5.41, 5.74) is 7.34. The number of piperidine rings is 1. The van der Waals surface area contributed by atoms with Gasteiger partial charge in [0.2, 0.25) is 5.91 Å². The van der Waals surface area contributed by atoms with Crippen LogP contribution in [0, 0.1) is 6.92 Å². The van der Waals surface area contributed by atoms with Gasteiger partial charge in [-0.2, -0.15) is 0 Å². The highest BCUT2D eigenvalue weighted by molar-refractivity contribution is 5.95. The Hall–Kier alpha value is -1.88. The molecule has 0 radical (unpaired) electrons. The van der Waals surface area contributed by atoms with Crippen LogP contribution in [0.25, 0.3) is 0 Å². The second kappa shape index (κ2) is 6.93. The van der Waals surface area contributed by atoms with E-state index in [9.17, 15) is 9.59 Å². The van der Waals surface area contributed by atoms with Crippen molar-refractivity contribution in [2.45, 2.75) is 57.0 Å². The molecule has 1 aliphatic carbocycles. The van der Waals surface area contributed by atoms with E-state index in [0.717, 1.165) is 49.7 Å². The van der Waals surface area contributed by atoms with Crippen molar-refractivity contribution in [1.82, 2.24) is 10.2 Å². The SMILES string of the molecule is Cc1ccccc1C(=O)NC1CCN(C(=O)C2(N)CCCC2)CC1. The maximum atomic E-state index is 12.6. The maximum absolute atomic E-state index is 12.6. The van der Waals surface area contributed by atoms with Crippen LogP contribution in [0.5, 0.6) is 0 Å². The Morgan fingerprint density at radius 1 is 1.17 bits per heavy atom. The third-order valence-corrected chi connectivity index (χ3v) is 5.43. The van der Waals surface area contributed by atoms with Gasteiger partial charge >= 0.3 is 0 Å². The van der Waals surface area contributed by atoms with Crippen molar-refractivity contribution in [3.8, 4) is 0 Å². The number of hydrogen-bond donors (Lipinski definition) is 2. The molecule has 2 fully saturated rings. The predicted octanol–water partition coefficient (Wildman–Crippen LogP) is 1.99. The minimum absolute atomic E-state index is 0.0241. The van der Waals surface area contributed by atoms with Crippen molar-refractivity contribution in [3.05, 3.63) is 35.4 Å². The molecule has 1 saturated carbocycles. The smallest absolute Gasteiger partial charge is 0.251 e. The number of hydrogen-bond acceptors (Lipinski definition) is 3. The Kier molecular flexibility index (Phi) is 4.90. The first-order valence-corrected chi connectivity index (χ1v) is 8.94. The van der Waals surface area contributed by atoms with Gasteiger partial charge < -0.3 is 16.0 Å². The molecule has 130 valence electrons. The summed E-state index contributed by atoms with van der Waals surface area (Å²) < 4.78 is 0. The highest BCUT2D eigenvalue weighted by atomic mass is 16.2. The van der Waals surface area contributed by atoms with E-state index in [1.165, 1.54) is 0 Å². The third kappa shape index (κ3) is 3.46. The molecule has 1 aliphatic heterocycles. The number of likely N-dealkylation sites (tertiary alicyclic amines) is 1. The highest BCUT2D eigenvalue weighted by Gasteiger charge is 2.40. The van der Waals surface area contributed by atoms with Gasteiger partial charge in [0.1, 0.15) is 0 Å². The molecule has 0 atom stereocenters. The molecule has 1 aromatic carbocycles. The molecule has 0 aromatic heterocycles. The van der Waals surface area contributed by atoms with Gasteiger partial charge in [0.15, 0.2) is 0 Å². The first-order chi connectivity index (χ1) is 11.5. The second-order valence-corrected chi connectivity index (χ2v) is 7.22. The Labute approximate surface area is 143 Å². The molecular formula is C19H27N3O2. The molecular weight excluding hydrogens is 302 g/mol. The summed E-state index contributed by atoms with van der Waals surface area (Å²) >= 11 is 0. The van der Waals surface area contributed by atoms with E-state index in [1.54, 1.807) is 0 Å². The molecule has 0 bridgehead atoms. The summed E-state index contributed by atoms with van der Waals surface area (Å²) in [5.74, 6) is 0.0765. The van der Waals surface area contributed by atoms with E-state index in [2.05, 4.69) is 5.32 Å². The van der Waals surface area contributed by atoms with Crippen LogP contribution < -0.4 is 11.1 Å². The minimum Gasteiger partial charge on any atom is -0.349 e. The fourth-order valence-electron chi connectivity index (χ4n) is 3.85. The van der Waals surface area contributed by atoms with Gasteiger partial charge in [-0.05, 0) is 44.2 Å². The molecule has 5 heteroatoms. The summed E-state index contributed by atoms with van der Waals surface area (Å²) in [6.45, 7) is 3.30. The van der Waals surface area contributed by atoms with Crippen LogP contribution in [0.2, 0.25) is 0 Å². The lowest BCUT2D eigenvalue weighted by molar-refractivity contribution is -0.137. The Morgan fingerprint density at radius 2 is 1.79 bits per heavy atom. The molecule has 0 spiro atoms. The van der Waals surface area contributed by atoms with Gasteiger partial charge in [0.05, 0.1) is 5.54 Å². The Morgan fingerprint density at radius 3 is 2.42 bits per heavy atom.